The number of aryl methyl sites for hydroxylation is 1. The van der Waals surface area contributed by atoms with Crippen LogP contribution in [0.5, 0.6) is 0 Å². The average molecular weight is 333 g/mol. The molecule has 1 saturated carbocycles. The van der Waals surface area contributed by atoms with Gasteiger partial charge in [-0.25, -0.2) is 0 Å². The van der Waals surface area contributed by atoms with Gasteiger partial charge in [0.2, 0.25) is 0 Å². The highest BCUT2D eigenvalue weighted by Gasteiger charge is 2.38. The largest absolute Gasteiger partial charge is 0.287 e. The first-order valence-corrected chi connectivity index (χ1v) is 9.13. The number of fused-ring (bicyclic) bond motifs is 1. The third-order valence-electron chi connectivity index (χ3n) is 4.25. The van der Waals surface area contributed by atoms with Gasteiger partial charge in [-0.2, -0.15) is 0 Å². The van der Waals surface area contributed by atoms with Crippen LogP contribution < -0.4 is 0 Å². The first-order chi connectivity index (χ1) is 7.33. The first kappa shape index (κ1) is 10.5. The summed E-state index contributed by atoms with van der Waals surface area (Å²) in [5, 5.41) is 0. The summed E-state index contributed by atoms with van der Waals surface area (Å²) in [5.41, 5.74) is 3.91. The topological polar surface area (TPSA) is 4.93 Å². The lowest BCUT2D eigenvalue weighted by molar-refractivity contribution is 0.252. The molecule has 15 heavy (non-hydrogen) atoms. The standard InChI is InChI=1S/C12H16INS/c13-15-14-8-4-10-3-7-12(9-11(10)14)5-1-2-6-12/h4,8H,1-3,5-7,9H2. The highest BCUT2D eigenvalue weighted by Crippen LogP contribution is 2.48. The molecular weight excluding hydrogens is 317 g/mol. The molecule has 0 saturated heterocycles. The molecule has 3 heteroatoms. The molecule has 1 fully saturated rings. The van der Waals surface area contributed by atoms with Gasteiger partial charge in [-0.1, -0.05) is 12.8 Å². The van der Waals surface area contributed by atoms with E-state index in [1.807, 2.05) is 9.12 Å². The number of rotatable bonds is 1. The van der Waals surface area contributed by atoms with Gasteiger partial charge in [0.25, 0.3) is 0 Å². The number of hydrogen-bond donors (Lipinski definition) is 0. The van der Waals surface area contributed by atoms with Crippen LogP contribution in [0.1, 0.15) is 43.4 Å². The van der Waals surface area contributed by atoms with E-state index in [2.05, 4.69) is 37.4 Å². The van der Waals surface area contributed by atoms with Crippen molar-refractivity contribution in [1.82, 2.24) is 3.97 Å². The lowest BCUT2D eigenvalue weighted by atomic mass is 9.72. The minimum absolute atomic E-state index is 0.690. The zero-order chi connectivity index (χ0) is 10.3. The van der Waals surface area contributed by atoms with Crippen LogP contribution in [0.2, 0.25) is 0 Å². The van der Waals surface area contributed by atoms with Gasteiger partial charge in [0.15, 0.2) is 0 Å². The molecule has 0 bridgehead atoms. The number of halogens is 1. The van der Waals surface area contributed by atoms with E-state index in [1.54, 1.807) is 11.3 Å². The molecule has 0 unspecified atom stereocenters. The van der Waals surface area contributed by atoms with Crippen molar-refractivity contribution in [3.63, 3.8) is 0 Å². The summed E-state index contributed by atoms with van der Waals surface area (Å²) in [4.78, 5) is 0. The minimum atomic E-state index is 0.690. The number of nitrogens with zero attached hydrogens (tertiary/aromatic N) is 1. The summed E-state index contributed by atoms with van der Waals surface area (Å²) < 4.78 is 2.37. The van der Waals surface area contributed by atoms with Crippen LogP contribution in [0, 0.1) is 5.41 Å². The van der Waals surface area contributed by atoms with Gasteiger partial charge in [-0.05, 0) is 49.1 Å². The molecular formula is C12H16INS. The monoisotopic (exact) mass is 333 g/mol. The molecule has 1 aromatic heterocycles. The molecule has 0 aliphatic heterocycles. The molecule has 1 heterocycles. The van der Waals surface area contributed by atoms with Crippen molar-refractivity contribution < 1.29 is 0 Å². The van der Waals surface area contributed by atoms with Gasteiger partial charge >= 0.3 is 0 Å². The Bertz CT molecular complexity index is 352. The Morgan fingerprint density at radius 3 is 2.80 bits per heavy atom. The summed E-state index contributed by atoms with van der Waals surface area (Å²) in [7, 11) is 1.82. The normalized spacial score (nSPS) is 23.3. The molecule has 0 aromatic carbocycles. The summed E-state index contributed by atoms with van der Waals surface area (Å²) in [6.07, 6.45) is 12.2. The SMILES string of the molecule is ISn1ccc2c1CC1(CCCC1)CC2. The van der Waals surface area contributed by atoms with Crippen LogP contribution in [0.3, 0.4) is 0 Å². The van der Waals surface area contributed by atoms with Gasteiger partial charge in [-0.3, -0.25) is 3.97 Å². The quantitative estimate of drug-likeness (QED) is 0.691. The Morgan fingerprint density at radius 1 is 1.27 bits per heavy atom. The maximum Gasteiger partial charge on any atom is 0.0337 e. The van der Waals surface area contributed by atoms with Crippen molar-refractivity contribution in [3.8, 4) is 0 Å². The minimum Gasteiger partial charge on any atom is -0.287 e. The summed E-state index contributed by atoms with van der Waals surface area (Å²) in [6.45, 7) is 0. The van der Waals surface area contributed by atoms with Crippen LogP contribution >= 0.6 is 30.3 Å². The number of aromatic nitrogens is 1. The summed E-state index contributed by atoms with van der Waals surface area (Å²) >= 11 is 2.39. The van der Waals surface area contributed by atoms with Crippen molar-refractivity contribution in [3.05, 3.63) is 23.5 Å². The Morgan fingerprint density at radius 2 is 2.07 bits per heavy atom. The van der Waals surface area contributed by atoms with Crippen LogP contribution in [-0.4, -0.2) is 3.97 Å². The lowest BCUT2D eigenvalue weighted by Gasteiger charge is -2.33. The fourth-order valence-corrected chi connectivity index (χ4v) is 4.84. The average Bonchev–Trinajstić information content (AvgIpc) is 2.85. The fraction of sp³-hybridized carbons (Fsp3) is 0.667. The van der Waals surface area contributed by atoms with E-state index in [9.17, 15) is 0 Å². The van der Waals surface area contributed by atoms with Gasteiger partial charge in [0.1, 0.15) is 0 Å². The third-order valence-corrected chi connectivity index (χ3v) is 6.02. The molecule has 2 aliphatic carbocycles. The van der Waals surface area contributed by atoms with Crippen LogP contribution in [-0.2, 0) is 12.8 Å². The molecule has 1 nitrogen and oxygen atoms in total. The van der Waals surface area contributed by atoms with Gasteiger partial charge < -0.3 is 0 Å². The summed E-state index contributed by atoms with van der Waals surface area (Å²) in [6, 6.07) is 2.32. The second kappa shape index (κ2) is 3.99. The van der Waals surface area contributed by atoms with Crippen molar-refractivity contribution in [2.45, 2.75) is 44.9 Å². The van der Waals surface area contributed by atoms with Crippen molar-refractivity contribution in [1.29, 1.82) is 0 Å². The Balaban J connectivity index is 1.93. The van der Waals surface area contributed by atoms with Crippen LogP contribution in [0.4, 0.5) is 0 Å². The molecule has 1 spiro atoms. The second-order valence-electron chi connectivity index (χ2n) is 5.07. The Hall–Kier alpha value is 0.360. The molecule has 0 N–H and O–H groups in total. The predicted octanol–water partition coefficient (Wildman–Crippen LogP) is 4.38. The Kier molecular flexibility index (Phi) is 2.79. The van der Waals surface area contributed by atoms with E-state index in [0.717, 1.165) is 0 Å². The summed E-state index contributed by atoms with van der Waals surface area (Å²) in [5.74, 6) is 0. The van der Waals surface area contributed by atoms with E-state index in [4.69, 9.17) is 0 Å². The van der Waals surface area contributed by atoms with E-state index >= 15 is 0 Å². The maximum atomic E-state index is 2.39. The molecule has 3 rings (SSSR count). The van der Waals surface area contributed by atoms with E-state index in [-0.39, 0.29) is 0 Å². The number of hydrogen-bond acceptors (Lipinski definition) is 1. The van der Waals surface area contributed by atoms with Crippen LogP contribution in [0.15, 0.2) is 12.3 Å². The third kappa shape index (κ3) is 1.75. The molecule has 82 valence electrons. The highest BCUT2D eigenvalue weighted by molar-refractivity contribution is 14.2. The molecule has 0 radical (unpaired) electrons. The van der Waals surface area contributed by atoms with E-state index in [0.29, 0.717) is 5.41 Å². The molecule has 1 aromatic rings. The molecule has 0 amide bonds. The van der Waals surface area contributed by atoms with Gasteiger partial charge in [0, 0.05) is 42.2 Å². The van der Waals surface area contributed by atoms with E-state index < -0.39 is 0 Å². The molecule has 0 atom stereocenters. The molecule has 2 aliphatic rings. The van der Waals surface area contributed by atoms with Gasteiger partial charge in [-0.15, -0.1) is 0 Å². The maximum absolute atomic E-state index is 2.39. The smallest absolute Gasteiger partial charge is 0.0337 e. The van der Waals surface area contributed by atoms with E-state index in [1.165, 1.54) is 44.9 Å². The lowest BCUT2D eigenvalue weighted by Crippen LogP contribution is -2.26. The van der Waals surface area contributed by atoms with Crippen LogP contribution in [0.25, 0.3) is 0 Å². The zero-order valence-electron chi connectivity index (χ0n) is 8.84. The van der Waals surface area contributed by atoms with Crippen molar-refractivity contribution in [2.75, 3.05) is 0 Å². The van der Waals surface area contributed by atoms with Gasteiger partial charge in [0.05, 0.1) is 0 Å². The fourth-order valence-electron chi connectivity index (χ4n) is 3.36. The van der Waals surface area contributed by atoms with Crippen molar-refractivity contribution in [2.24, 2.45) is 5.41 Å². The zero-order valence-corrected chi connectivity index (χ0v) is 11.8. The second-order valence-corrected chi connectivity index (χ2v) is 6.78. The predicted molar refractivity (Wildman–Crippen MR) is 74.4 cm³/mol. The highest BCUT2D eigenvalue weighted by atomic mass is 127. The Labute approximate surface area is 108 Å². The van der Waals surface area contributed by atoms with Crippen molar-refractivity contribution >= 4 is 30.3 Å². The first-order valence-electron chi connectivity index (χ1n) is 5.81.